The number of pyridine rings is 1. The Hall–Kier alpha value is -2.74. The van der Waals surface area contributed by atoms with Gasteiger partial charge in [0.15, 0.2) is 11.5 Å². The number of rotatable bonds is 1. The van der Waals surface area contributed by atoms with Gasteiger partial charge >= 0.3 is 0 Å². The highest BCUT2D eigenvalue weighted by atomic mass is 19.1. The monoisotopic (exact) mass is 252 g/mol. The van der Waals surface area contributed by atoms with Crippen LogP contribution in [0.2, 0.25) is 0 Å². The van der Waals surface area contributed by atoms with Crippen LogP contribution >= 0.6 is 0 Å². The molecule has 1 aromatic carbocycles. The van der Waals surface area contributed by atoms with Gasteiger partial charge < -0.3 is 0 Å². The number of benzene rings is 1. The van der Waals surface area contributed by atoms with Gasteiger partial charge in [-0.2, -0.15) is 5.26 Å². The van der Waals surface area contributed by atoms with Gasteiger partial charge in [-0.1, -0.05) is 0 Å². The van der Waals surface area contributed by atoms with Crippen LogP contribution in [0.15, 0.2) is 36.5 Å². The summed E-state index contributed by atoms with van der Waals surface area (Å²) >= 11 is 0. The maximum Gasteiger partial charge on any atom is 0.168 e. The topological polar surface area (TPSA) is 54.0 Å². The first-order valence-corrected chi connectivity index (χ1v) is 5.70. The SMILES string of the molecule is Cc1cc(F)ccc1-c1nnc2ccc(C#N)cn12. The molecule has 0 radical (unpaired) electrons. The molecule has 0 aliphatic carbocycles. The summed E-state index contributed by atoms with van der Waals surface area (Å²) in [6.07, 6.45) is 1.67. The highest BCUT2D eigenvalue weighted by Gasteiger charge is 2.11. The molecule has 4 nitrogen and oxygen atoms in total. The van der Waals surface area contributed by atoms with Crippen LogP contribution in [0.4, 0.5) is 4.39 Å². The number of hydrogen-bond acceptors (Lipinski definition) is 3. The molecule has 0 saturated carbocycles. The third kappa shape index (κ3) is 1.83. The van der Waals surface area contributed by atoms with Crippen molar-refractivity contribution in [1.82, 2.24) is 14.6 Å². The van der Waals surface area contributed by atoms with Crippen LogP contribution in [0, 0.1) is 24.1 Å². The summed E-state index contributed by atoms with van der Waals surface area (Å²) in [7, 11) is 0. The second kappa shape index (κ2) is 4.18. The standard InChI is InChI=1S/C14H9FN4/c1-9-6-11(15)3-4-12(9)14-18-17-13-5-2-10(7-16)8-19(13)14/h2-6,8H,1H3. The first kappa shape index (κ1) is 11.4. The Labute approximate surface area is 108 Å². The van der Waals surface area contributed by atoms with Gasteiger partial charge in [0, 0.05) is 11.8 Å². The highest BCUT2D eigenvalue weighted by Crippen LogP contribution is 2.23. The van der Waals surface area contributed by atoms with Crippen LogP contribution in [-0.4, -0.2) is 14.6 Å². The van der Waals surface area contributed by atoms with E-state index in [9.17, 15) is 4.39 Å². The second-order valence-corrected chi connectivity index (χ2v) is 4.24. The molecule has 2 heterocycles. The average Bonchev–Trinajstić information content (AvgIpc) is 2.81. The number of nitriles is 1. The second-order valence-electron chi connectivity index (χ2n) is 4.24. The molecule has 0 unspecified atom stereocenters. The molecule has 0 saturated heterocycles. The van der Waals surface area contributed by atoms with Gasteiger partial charge in [-0.25, -0.2) is 4.39 Å². The summed E-state index contributed by atoms with van der Waals surface area (Å²) < 4.78 is 14.9. The van der Waals surface area contributed by atoms with Gasteiger partial charge in [0.05, 0.1) is 5.56 Å². The Morgan fingerprint density at radius 1 is 1.21 bits per heavy atom. The zero-order valence-corrected chi connectivity index (χ0v) is 10.1. The Morgan fingerprint density at radius 3 is 2.79 bits per heavy atom. The average molecular weight is 252 g/mol. The molecule has 0 amide bonds. The lowest BCUT2D eigenvalue weighted by molar-refractivity contribution is 0.627. The van der Waals surface area contributed by atoms with E-state index in [2.05, 4.69) is 16.3 Å². The normalized spacial score (nSPS) is 10.6. The molecule has 5 heteroatoms. The molecule has 0 N–H and O–H groups in total. The number of halogens is 1. The van der Waals surface area contributed by atoms with Crippen molar-refractivity contribution in [2.75, 3.05) is 0 Å². The summed E-state index contributed by atoms with van der Waals surface area (Å²) in [6, 6.07) is 9.99. The van der Waals surface area contributed by atoms with Crippen LogP contribution in [0.1, 0.15) is 11.1 Å². The van der Waals surface area contributed by atoms with Crippen LogP contribution in [0.25, 0.3) is 17.0 Å². The molecule has 92 valence electrons. The van der Waals surface area contributed by atoms with E-state index in [1.807, 2.05) is 6.92 Å². The van der Waals surface area contributed by atoms with E-state index in [0.29, 0.717) is 17.0 Å². The fraction of sp³-hybridized carbons (Fsp3) is 0.0714. The Kier molecular flexibility index (Phi) is 2.50. The lowest BCUT2D eigenvalue weighted by atomic mass is 10.1. The number of nitrogens with zero attached hydrogens (tertiary/aromatic N) is 4. The first-order chi connectivity index (χ1) is 9.19. The van der Waals surface area contributed by atoms with Crippen molar-refractivity contribution in [3.8, 4) is 17.5 Å². The quantitative estimate of drug-likeness (QED) is 0.669. The van der Waals surface area contributed by atoms with Crippen molar-refractivity contribution in [3.05, 3.63) is 53.5 Å². The molecule has 2 aromatic heterocycles. The summed E-state index contributed by atoms with van der Waals surface area (Å²) in [4.78, 5) is 0. The minimum Gasteiger partial charge on any atom is -0.281 e. The molecule has 0 aliphatic heterocycles. The number of aryl methyl sites for hydroxylation is 1. The van der Waals surface area contributed by atoms with Crippen molar-refractivity contribution in [3.63, 3.8) is 0 Å². The van der Waals surface area contributed by atoms with Gasteiger partial charge in [0.1, 0.15) is 11.9 Å². The highest BCUT2D eigenvalue weighted by molar-refractivity contribution is 5.63. The van der Waals surface area contributed by atoms with Gasteiger partial charge in [-0.15, -0.1) is 10.2 Å². The van der Waals surface area contributed by atoms with E-state index >= 15 is 0 Å². The Bertz CT molecular complexity index is 814. The van der Waals surface area contributed by atoms with E-state index in [1.165, 1.54) is 12.1 Å². The molecule has 0 bridgehead atoms. The third-order valence-corrected chi connectivity index (χ3v) is 2.96. The number of fused-ring (bicyclic) bond motifs is 1. The third-order valence-electron chi connectivity index (χ3n) is 2.96. The zero-order valence-electron chi connectivity index (χ0n) is 10.1. The maximum atomic E-state index is 13.1. The van der Waals surface area contributed by atoms with Crippen LogP contribution in [-0.2, 0) is 0 Å². The van der Waals surface area contributed by atoms with Crippen molar-refractivity contribution in [1.29, 1.82) is 5.26 Å². The summed E-state index contributed by atoms with van der Waals surface area (Å²) in [5, 5.41) is 17.1. The minimum absolute atomic E-state index is 0.284. The van der Waals surface area contributed by atoms with E-state index < -0.39 is 0 Å². The zero-order chi connectivity index (χ0) is 13.4. The van der Waals surface area contributed by atoms with Crippen LogP contribution < -0.4 is 0 Å². The fourth-order valence-corrected chi connectivity index (χ4v) is 2.02. The molecule has 0 spiro atoms. The van der Waals surface area contributed by atoms with Crippen LogP contribution in [0.3, 0.4) is 0 Å². The molecular formula is C14H9FN4. The van der Waals surface area contributed by atoms with Gasteiger partial charge in [0.2, 0.25) is 0 Å². The predicted molar refractivity (Wildman–Crippen MR) is 67.8 cm³/mol. The molecule has 3 rings (SSSR count). The lowest BCUT2D eigenvalue weighted by Crippen LogP contribution is -1.93. The van der Waals surface area contributed by atoms with Gasteiger partial charge in [-0.3, -0.25) is 4.40 Å². The van der Waals surface area contributed by atoms with Crippen molar-refractivity contribution >= 4 is 5.65 Å². The minimum atomic E-state index is -0.284. The Morgan fingerprint density at radius 2 is 2.05 bits per heavy atom. The molecule has 0 fully saturated rings. The Balaban J connectivity index is 2.28. The predicted octanol–water partition coefficient (Wildman–Crippen LogP) is 2.72. The van der Waals surface area contributed by atoms with E-state index in [0.717, 1.165) is 11.1 Å². The number of hydrogen-bond donors (Lipinski definition) is 0. The summed E-state index contributed by atoms with van der Waals surface area (Å²) in [6.45, 7) is 1.81. The molecule has 3 aromatic rings. The molecule has 19 heavy (non-hydrogen) atoms. The van der Waals surface area contributed by atoms with Gasteiger partial charge in [-0.05, 0) is 42.8 Å². The molecule has 0 atom stereocenters. The lowest BCUT2D eigenvalue weighted by Gasteiger charge is -2.04. The smallest absolute Gasteiger partial charge is 0.168 e. The van der Waals surface area contributed by atoms with Crippen LogP contribution in [0.5, 0.6) is 0 Å². The number of aromatic nitrogens is 3. The fourth-order valence-electron chi connectivity index (χ4n) is 2.02. The largest absolute Gasteiger partial charge is 0.281 e. The molecular weight excluding hydrogens is 243 g/mol. The first-order valence-electron chi connectivity index (χ1n) is 5.70. The van der Waals surface area contributed by atoms with Crippen molar-refractivity contribution in [2.45, 2.75) is 6.92 Å². The van der Waals surface area contributed by atoms with E-state index in [-0.39, 0.29) is 5.82 Å². The summed E-state index contributed by atoms with van der Waals surface area (Å²) in [5.41, 5.74) is 2.74. The summed E-state index contributed by atoms with van der Waals surface area (Å²) in [5.74, 6) is 0.317. The van der Waals surface area contributed by atoms with E-state index in [4.69, 9.17) is 5.26 Å². The van der Waals surface area contributed by atoms with E-state index in [1.54, 1.807) is 28.8 Å². The van der Waals surface area contributed by atoms with Crippen molar-refractivity contribution < 1.29 is 4.39 Å². The van der Waals surface area contributed by atoms with Gasteiger partial charge in [0.25, 0.3) is 0 Å². The molecule has 0 aliphatic rings. The van der Waals surface area contributed by atoms with Crippen molar-refractivity contribution in [2.24, 2.45) is 0 Å². The maximum absolute atomic E-state index is 13.1.